The van der Waals surface area contributed by atoms with Crippen LogP contribution < -0.4 is 0 Å². The Balaban J connectivity index is 3.59. The molecule has 0 aliphatic carbocycles. The van der Waals surface area contributed by atoms with Crippen molar-refractivity contribution in [3.8, 4) is 0 Å². The summed E-state index contributed by atoms with van der Waals surface area (Å²) in [5.41, 5.74) is -0.491. The molecule has 0 aromatic heterocycles. The van der Waals surface area contributed by atoms with Crippen molar-refractivity contribution < 1.29 is 22.0 Å². The molecular weight excluding hydrogens is 273 g/mol. The van der Waals surface area contributed by atoms with Crippen molar-refractivity contribution in [3.63, 3.8) is 0 Å². The fourth-order valence-corrected chi connectivity index (χ4v) is 1.88. The number of benzene rings is 1. The smallest absolute Gasteiger partial charge is 0.264 e. The maximum Gasteiger partial charge on any atom is 0.264 e. The van der Waals surface area contributed by atoms with Crippen LogP contribution in [0.25, 0.3) is 0 Å². The van der Waals surface area contributed by atoms with Gasteiger partial charge in [-0.05, 0) is 23.7 Å². The fourth-order valence-electron chi connectivity index (χ4n) is 0.855. The first-order valence-corrected chi connectivity index (χ1v) is 6.05. The number of rotatable bonds is 2. The van der Waals surface area contributed by atoms with E-state index in [2.05, 4.69) is 0 Å². The Kier molecular flexibility index (Phi) is 3.32. The summed E-state index contributed by atoms with van der Waals surface area (Å²) in [7, 11) is 0.358. The topological polar surface area (TPSA) is 51.2 Å². The van der Waals surface area contributed by atoms with E-state index < -0.39 is 36.4 Å². The number of hydrogen-bond donors (Lipinski definition) is 0. The third-order valence-electron chi connectivity index (χ3n) is 1.48. The summed E-state index contributed by atoms with van der Waals surface area (Å²) in [4.78, 5) is 9.51. The van der Waals surface area contributed by atoms with Crippen molar-refractivity contribution in [2.24, 2.45) is 0 Å². The lowest BCUT2D eigenvalue weighted by molar-refractivity contribution is 0.108. The van der Waals surface area contributed by atoms with Gasteiger partial charge >= 0.3 is 0 Å². The monoisotopic (exact) mass is 274 g/mol. The molecule has 0 bridgehead atoms. The third kappa shape index (κ3) is 2.64. The van der Waals surface area contributed by atoms with E-state index >= 15 is 0 Å². The lowest BCUT2D eigenvalue weighted by atomic mass is 10.2. The van der Waals surface area contributed by atoms with Crippen molar-refractivity contribution in [2.45, 2.75) is 4.90 Å². The molecular formula is C7H2Cl2F2O3S. The highest BCUT2D eigenvalue weighted by Gasteiger charge is 2.22. The molecule has 0 atom stereocenters. The van der Waals surface area contributed by atoms with Gasteiger partial charge in [0.1, 0.15) is 4.90 Å². The minimum atomic E-state index is -4.47. The normalized spacial score (nSPS) is 11.5. The lowest BCUT2D eigenvalue weighted by Crippen LogP contribution is -2.02. The van der Waals surface area contributed by atoms with Gasteiger partial charge in [-0.3, -0.25) is 4.79 Å². The van der Waals surface area contributed by atoms with E-state index in [4.69, 9.17) is 22.3 Å². The summed E-state index contributed by atoms with van der Waals surface area (Å²) in [6.45, 7) is 0. The van der Waals surface area contributed by atoms with Gasteiger partial charge in [-0.15, -0.1) is 0 Å². The molecule has 0 saturated carbocycles. The molecule has 0 heterocycles. The highest BCUT2D eigenvalue weighted by molar-refractivity contribution is 8.13. The van der Waals surface area contributed by atoms with Crippen molar-refractivity contribution >= 4 is 36.6 Å². The van der Waals surface area contributed by atoms with Crippen LogP contribution in [0.1, 0.15) is 10.4 Å². The van der Waals surface area contributed by atoms with Crippen molar-refractivity contribution in [3.05, 3.63) is 29.3 Å². The van der Waals surface area contributed by atoms with Crippen LogP contribution in [0.2, 0.25) is 0 Å². The molecule has 15 heavy (non-hydrogen) atoms. The molecule has 0 unspecified atom stereocenters. The average molecular weight is 275 g/mol. The van der Waals surface area contributed by atoms with Crippen LogP contribution in [-0.2, 0) is 9.05 Å². The molecule has 1 rings (SSSR count). The van der Waals surface area contributed by atoms with Crippen LogP contribution >= 0.6 is 22.3 Å². The van der Waals surface area contributed by atoms with Gasteiger partial charge in [-0.1, -0.05) is 0 Å². The number of carbonyl (C=O) groups is 1. The third-order valence-corrected chi connectivity index (χ3v) is 3.02. The second kappa shape index (κ2) is 4.03. The van der Waals surface area contributed by atoms with E-state index in [1.165, 1.54) is 0 Å². The molecule has 0 radical (unpaired) electrons. The standard InChI is InChI=1S/C7H2Cl2F2O3S/c8-7(12)3-1-4(10)6(11)5(2-3)15(9,13)14/h1-2H. The summed E-state index contributed by atoms with van der Waals surface area (Å²) in [5.74, 6) is -3.16. The number of halogens is 4. The zero-order chi connectivity index (χ0) is 11.8. The predicted octanol–water partition coefficient (Wildman–Crippen LogP) is 2.27. The summed E-state index contributed by atoms with van der Waals surface area (Å²) in [5, 5.41) is -1.12. The molecule has 3 nitrogen and oxygen atoms in total. The fraction of sp³-hybridized carbons (Fsp3) is 0. The Labute approximate surface area is 93.0 Å². The molecule has 0 N–H and O–H groups in total. The van der Waals surface area contributed by atoms with Crippen molar-refractivity contribution in [1.82, 2.24) is 0 Å². The van der Waals surface area contributed by atoms with Crippen LogP contribution in [0, 0.1) is 11.6 Å². The Hall–Kier alpha value is -0.720. The van der Waals surface area contributed by atoms with Crippen LogP contribution in [0.4, 0.5) is 8.78 Å². The van der Waals surface area contributed by atoms with Gasteiger partial charge < -0.3 is 0 Å². The molecule has 82 valence electrons. The molecule has 1 aromatic rings. The Morgan fingerprint density at radius 3 is 2.20 bits per heavy atom. The zero-order valence-corrected chi connectivity index (χ0v) is 9.13. The quantitative estimate of drug-likeness (QED) is 0.778. The largest absolute Gasteiger partial charge is 0.276 e. The minimum absolute atomic E-state index is 0.482. The van der Waals surface area contributed by atoms with Crippen LogP contribution in [0.15, 0.2) is 17.0 Å². The molecule has 0 aliphatic heterocycles. The molecule has 8 heteroatoms. The second-order valence-corrected chi connectivity index (χ2v) is 5.36. The summed E-state index contributed by atoms with van der Waals surface area (Å²) >= 11 is 4.98. The predicted molar refractivity (Wildman–Crippen MR) is 49.6 cm³/mol. The highest BCUT2D eigenvalue weighted by Crippen LogP contribution is 2.23. The number of carbonyl (C=O) groups excluding carboxylic acids is 1. The molecule has 0 saturated heterocycles. The highest BCUT2D eigenvalue weighted by atomic mass is 35.7. The maximum absolute atomic E-state index is 12.9. The van der Waals surface area contributed by atoms with E-state index in [-0.39, 0.29) is 0 Å². The van der Waals surface area contributed by atoms with Gasteiger partial charge in [-0.25, -0.2) is 17.2 Å². The van der Waals surface area contributed by atoms with Crippen LogP contribution in [-0.4, -0.2) is 13.7 Å². The summed E-state index contributed by atoms with van der Waals surface area (Å²) < 4.78 is 47.3. The van der Waals surface area contributed by atoms with Crippen LogP contribution in [0.3, 0.4) is 0 Å². The SMILES string of the molecule is O=C(Cl)c1cc(F)c(F)c(S(=O)(=O)Cl)c1. The van der Waals surface area contributed by atoms with Crippen LogP contribution in [0.5, 0.6) is 0 Å². The maximum atomic E-state index is 12.9. The molecule has 0 fully saturated rings. The molecule has 0 aliphatic rings. The van der Waals surface area contributed by atoms with Gasteiger partial charge in [-0.2, -0.15) is 0 Å². The molecule has 0 spiro atoms. The van der Waals surface area contributed by atoms with E-state index in [9.17, 15) is 22.0 Å². The first-order chi connectivity index (χ1) is 6.73. The van der Waals surface area contributed by atoms with Gasteiger partial charge in [0.05, 0.1) is 0 Å². The lowest BCUT2D eigenvalue weighted by Gasteiger charge is -2.02. The first kappa shape index (κ1) is 12.4. The number of hydrogen-bond acceptors (Lipinski definition) is 3. The van der Waals surface area contributed by atoms with Crippen molar-refractivity contribution in [2.75, 3.05) is 0 Å². The van der Waals surface area contributed by atoms with Gasteiger partial charge in [0.2, 0.25) is 0 Å². The minimum Gasteiger partial charge on any atom is -0.276 e. The average Bonchev–Trinajstić information content (AvgIpc) is 2.06. The van der Waals surface area contributed by atoms with Crippen molar-refractivity contribution in [1.29, 1.82) is 0 Å². The summed E-state index contributed by atoms with van der Waals surface area (Å²) in [6.07, 6.45) is 0. The molecule has 1 aromatic carbocycles. The Bertz CT molecular complexity index is 527. The second-order valence-electron chi connectivity index (χ2n) is 2.48. The zero-order valence-electron chi connectivity index (χ0n) is 6.80. The van der Waals surface area contributed by atoms with E-state index in [1.807, 2.05) is 0 Å². The summed E-state index contributed by atoms with van der Waals surface area (Å²) in [6, 6.07) is 1.05. The van der Waals surface area contributed by atoms with Gasteiger partial charge in [0.25, 0.3) is 14.3 Å². The first-order valence-electron chi connectivity index (χ1n) is 3.37. The van der Waals surface area contributed by atoms with Gasteiger partial charge in [0, 0.05) is 16.2 Å². The van der Waals surface area contributed by atoms with E-state index in [0.717, 1.165) is 0 Å². The Morgan fingerprint density at radius 1 is 1.27 bits per heavy atom. The van der Waals surface area contributed by atoms with Gasteiger partial charge in [0.15, 0.2) is 11.6 Å². The van der Waals surface area contributed by atoms with E-state index in [1.54, 1.807) is 0 Å². The Morgan fingerprint density at radius 2 is 1.80 bits per heavy atom. The van der Waals surface area contributed by atoms with E-state index in [0.29, 0.717) is 12.1 Å². The molecule has 0 amide bonds.